The van der Waals surface area contributed by atoms with Crippen molar-refractivity contribution < 1.29 is 9.53 Å². The van der Waals surface area contributed by atoms with Crippen molar-refractivity contribution in [2.75, 3.05) is 39.3 Å². The molecule has 0 N–H and O–H groups in total. The summed E-state index contributed by atoms with van der Waals surface area (Å²) in [5, 5.41) is 6.61. The van der Waals surface area contributed by atoms with Gasteiger partial charge in [-0.25, -0.2) is 5.01 Å². The molecule has 0 radical (unpaired) electrons. The van der Waals surface area contributed by atoms with Gasteiger partial charge in [0.05, 0.1) is 24.9 Å². The maximum absolute atomic E-state index is 13.6. The lowest BCUT2D eigenvalue weighted by molar-refractivity contribution is -0.134. The fourth-order valence-corrected chi connectivity index (χ4v) is 5.16. The van der Waals surface area contributed by atoms with E-state index >= 15 is 0 Å². The van der Waals surface area contributed by atoms with E-state index in [0.717, 1.165) is 55.3 Å². The molecular weight excluding hydrogens is 460 g/mol. The minimum absolute atomic E-state index is 0.0537. The van der Waals surface area contributed by atoms with Crippen LogP contribution in [0.25, 0.3) is 0 Å². The van der Waals surface area contributed by atoms with Gasteiger partial charge in [-0.2, -0.15) is 5.10 Å². The van der Waals surface area contributed by atoms with E-state index in [4.69, 9.17) is 9.84 Å². The summed E-state index contributed by atoms with van der Waals surface area (Å²) in [7, 11) is 0. The molecule has 37 heavy (non-hydrogen) atoms. The summed E-state index contributed by atoms with van der Waals surface area (Å²) in [6, 6.07) is 26.9. The summed E-state index contributed by atoms with van der Waals surface area (Å²) in [6.45, 7) is 9.73. The van der Waals surface area contributed by atoms with Gasteiger partial charge in [-0.3, -0.25) is 14.6 Å². The van der Waals surface area contributed by atoms with Crippen LogP contribution in [0.15, 0.2) is 84.0 Å². The highest BCUT2D eigenvalue weighted by molar-refractivity contribution is 6.03. The number of rotatable bonds is 8. The smallest absolute Gasteiger partial charge is 0.257 e. The summed E-state index contributed by atoms with van der Waals surface area (Å²) in [5.74, 6) is 0.897. The second kappa shape index (κ2) is 11.7. The molecule has 3 aromatic carbocycles. The van der Waals surface area contributed by atoms with Gasteiger partial charge in [0.1, 0.15) is 5.75 Å². The average molecular weight is 497 g/mol. The van der Waals surface area contributed by atoms with E-state index in [1.807, 2.05) is 19.1 Å². The highest BCUT2D eigenvalue weighted by atomic mass is 16.5. The molecule has 0 aliphatic carbocycles. The van der Waals surface area contributed by atoms with Gasteiger partial charge < -0.3 is 4.74 Å². The van der Waals surface area contributed by atoms with Crippen LogP contribution in [0, 0.1) is 6.92 Å². The molecule has 2 aliphatic rings. The van der Waals surface area contributed by atoms with E-state index in [-0.39, 0.29) is 11.9 Å². The van der Waals surface area contributed by atoms with Crippen LogP contribution in [-0.2, 0) is 11.3 Å². The second-order valence-electron chi connectivity index (χ2n) is 9.91. The summed E-state index contributed by atoms with van der Waals surface area (Å²) >= 11 is 0. The molecule has 6 heteroatoms. The molecule has 0 saturated carbocycles. The quantitative estimate of drug-likeness (QED) is 0.446. The van der Waals surface area contributed by atoms with Gasteiger partial charge in [-0.1, -0.05) is 72.3 Å². The number of nitrogens with zero attached hydrogens (tertiary/aromatic N) is 4. The van der Waals surface area contributed by atoms with Crippen molar-refractivity contribution in [3.05, 3.63) is 101 Å². The number of carbonyl (C=O) groups excluding carboxylic acids is 1. The Bertz CT molecular complexity index is 1220. The van der Waals surface area contributed by atoms with Gasteiger partial charge in [-0.15, -0.1) is 0 Å². The van der Waals surface area contributed by atoms with Gasteiger partial charge in [0, 0.05) is 39.1 Å². The van der Waals surface area contributed by atoms with Crippen molar-refractivity contribution in [1.82, 2.24) is 14.8 Å². The Morgan fingerprint density at radius 2 is 1.65 bits per heavy atom. The maximum Gasteiger partial charge on any atom is 0.257 e. The van der Waals surface area contributed by atoms with E-state index in [9.17, 15) is 4.79 Å². The van der Waals surface area contributed by atoms with Crippen LogP contribution in [0.2, 0.25) is 0 Å². The highest BCUT2D eigenvalue weighted by Crippen LogP contribution is 2.34. The molecule has 6 nitrogen and oxygen atoms in total. The number of carbonyl (C=O) groups is 1. The third-order valence-corrected chi connectivity index (χ3v) is 7.17. The predicted molar refractivity (Wildman–Crippen MR) is 148 cm³/mol. The molecule has 2 heterocycles. The van der Waals surface area contributed by atoms with Crippen LogP contribution in [0.5, 0.6) is 5.75 Å². The lowest BCUT2D eigenvalue weighted by Gasteiger charge is -2.35. The molecule has 5 rings (SSSR count). The van der Waals surface area contributed by atoms with E-state index in [1.54, 1.807) is 5.01 Å². The Hall–Kier alpha value is -3.48. The Labute approximate surface area is 220 Å². The van der Waals surface area contributed by atoms with Crippen molar-refractivity contribution in [3.8, 4) is 5.75 Å². The average Bonchev–Trinajstić information content (AvgIpc) is 3.37. The Kier molecular flexibility index (Phi) is 7.97. The summed E-state index contributed by atoms with van der Waals surface area (Å²) in [6.07, 6.45) is 0.702. The molecule has 1 amide bonds. The first-order valence-corrected chi connectivity index (χ1v) is 13.3. The summed E-state index contributed by atoms with van der Waals surface area (Å²) in [4.78, 5) is 18.3. The molecule has 192 valence electrons. The normalized spacial score (nSPS) is 18.6. The fraction of sp³-hybridized carbons (Fsp3) is 0.355. The molecule has 1 fully saturated rings. The molecule has 1 atom stereocenters. The van der Waals surface area contributed by atoms with Gasteiger partial charge in [0.25, 0.3) is 5.91 Å². The van der Waals surface area contributed by atoms with Crippen molar-refractivity contribution in [1.29, 1.82) is 0 Å². The molecular formula is C31H36N4O2. The van der Waals surface area contributed by atoms with Crippen molar-refractivity contribution >= 4 is 11.6 Å². The lowest BCUT2D eigenvalue weighted by Crippen LogP contribution is -2.49. The molecule has 0 bridgehead atoms. The lowest BCUT2D eigenvalue weighted by atomic mass is 9.97. The molecule has 2 aliphatic heterocycles. The van der Waals surface area contributed by atoms with Gasteiger partial charge in [0.15, 0.2) is 0 Å². The van der Waals surface area contributed by atoms with Crippen LogP contribution < -0.4 is 4.74 Å². The predicted octanol–water partition coefficient (Wildman–Crippen LogP) is 4.89. The number of hydrogen-bond acceptors (Lipinski definition) is 5. The van der Waals surface area contributed by atoms with Crippen molar-refractivity contribution in [2.24, 2.45) is 5.10 Å². The zero-order valence-electron chi connectivity index (χ0n) is 21.8. The first kappa shape index (κ1) is 25.2. The SMILES string of the molecule is CCOc1ccc([C@@H]2CC(c3cccc(C)c3)=NN2C(=O)CN2CCN(Cc3ccccc3)CC2)cc1. The number of benzene rings is 3. The van der Waals surface area contributed by atoms with Crippen LogP contribution >= 0.6 is 0 Å². The van der Waals surface area contributed by atoms with E-state index in [1.165, 1.54) is 11.1 Å². The molecule has 0 spiro atoms. The Balaban J connectivity index is 1.27. The molecule has 1 saturated heterocycles. The van der Waals surface area contributed by atoms with E-state index in [2.05, 4.69) is 83.5 Å². The first-order valence-electron chi connectivity index (χ1n) is 13.3. The van der Waals surface area contributed by atoms with E-state index < -0.39 is 0 Å². The van der Waals surface area contributed by atoms with Crippen LogP contribution in [0.4, 0.5) is 0 Å². The first-order chi connectivity index (χ1) is 18.1. The maximum atomic E-state index is 13.6. The third kappa shape index (κ3) is 6.27. The fourth-order valence-electron chi connectivity index (χ4n) is 5.16. The zero-order chi connectivity index (χ0) is 25.6. The van der Waals surface area contributed by atoms with Crippen LogP contribution in [0.3, 0.4) is 0 Å². The van der Waals surface area contributed by atoms with E-state index in [0.29, 0.717) is 19.6 Å². The van der Waals surface area contributed by atoms with Gasteiger partial charge in [0.2, 0.25) is 0 Å². The molecule has 0 aromatic heterocycles. The highest BCUT2D eigenvalue weighted by Gasteiger charge is 2.34. The molecule has 3 aromatic rings. The Morgan fingerprint density at radius 1 is 0.919 bits per heavy atom. The topological polar surface area (TPSA) is 48.4 Å². The summed E-state index contributed by atoms with van der Waals surface area (Å²) in [5.41, 5.74) is 5.65. The number of piperazine rings is 1. The number of hydrogen-bond donors (Lipinski definition) is 0. The number of hydrazone groups is 1. The number of ether oxygens (including phenoxy) is 1. The van der Waals surface area contributed by atoms with Crippen molar-refractivity contribution in [3.63, 3.8) is 0 Å². The largest absolute Gasteiger partial charge is 0.494 e. The second-order valence-corrected chi connectivity index (χ2v) is 9.91. The monoisotopic (exact) mass is 496 g/mol. The number of aryl methyl sites for hydroxylation is 1. The molecule has 0 unspecified atom stereocenters. The summed E-state index contributed by atoms with van der Waals surface area (Å²) < 4.78 is 5.63. The zero-order valence-corrected chi connectivity index (χ0v) is 21.8. The van der Waals surface area contributed by atoms with Crippen LogP contribution in [-0.4, -0.2) is 65.8 Å². The standard InChI is InChI=1S/C31H36N4O2/c1-3-37-28-14-12-26(13-15-28)30-21-29(27-11-7-8-24(2)20-27)32-35(30)31(36)23-34-18-16-33(17-19-34)22-25-9-5-4-6-10-25/h4-15,20,30H,3,16-19,21-23H2,1-2H3/t30-/m0/s1. The van der Waals surface area contributed by atoms with Gasteiger partial charge >= 0.3 is 0 Å². The number of amides is 1. The Morgan fingerprint density at radius 3 is 2.35 bits per heavy atom. The third-order valence-electron chi connectivity index (χ3n) is 7.17. The van der Waals surface area contributed by atoms with Crippen LogP contribution in [0.1, 0.15) is 41.6 Å². The van der Waals surface area contributed by atoms with Gasteiger partial charge in [-0.05, 0) is 42.7 Å². The minimum atomic E-state index is -0.113. The minimum Gasteiger partial charge on any atom is -0.494 e. The van der Waals surface area contributed by atoms with Crippen molar-refractivity contribution in [2.45, 2.75) is 32.9 Å².